The molecule has 0 aliphatic heterocycles. The lowest BCUT2D eigenvalue weighted by molar-refractivity contribution is 0.230. The third-order valence-electron chi connectivity index (χ3n) is 2.03. The normalized spacial score (nSPS) is 12.8. The predicted octanol–water partition coefficient (Wildman–Crippen LogP) is 1.56. The summed E-state index contributed by atoms with van der Waals surface area (Å²) in [5.74, 6) is 0.182. The van der Waals surface area contributed by atoms with E-state index in [9.17, 15) is 0 Å². The molecular formula is C10H14BrNO. The average Bonchev–Trinajstić information content (AvgIpc) is 2.17. The summed E-state index contributed by atoms with van der Waals surface area (Å²) >= 11 is 3.37. The summed E-state index contributed by atoms with van der Waals surface area (Å²) in [6.07, 6.45) is 0.847. The molecule has 0 aromatic heterocycles. The van der Waals surface area contributed by atoms with Crippen molar-refractivity contribution in [1.82, 2.24) is 0 Å². The van der Waals surface area contributed by atoms with Gasteiger partial charge in [0.05, 0.1) is 0 Å². The van der Waals surface area contributed by atoms with Crippen molar-refractivity contribution in [2.45, 2.75) is 6.42 Å². The number of halogens is 1. The lowest BCUT2D eigenvalue weighted by Gasteiger charge is -2.10. The summed E-state index contributed by atoms with van der Waals surface area (Å²) in [4.78, 5) is 0. The maximum atomic E-state index is 8.95. The van der Waals surface area contributed by atoms with Crippen LogP contribution in [-0.2, 0) is 6.42 Å². The van der Waals surface area contributed by atoms with Gasteiger partial charge in [-0.15, -0.1) is 0 Å². The Balaban J connectivity index is 2.58. The third kappa shape index (κ3) is 3.46. The number of benzene rings is 1. The van der Waals surface area contributed by atoms with Crippen LogP contribution in [0.5, 0.6) is 0 Å². The first-order valence-electron chi connectivity index (χ1n) is 4.31. The molecule has 0 unspecified atom stereocenters. The van der Waals surface area contributed by atoms with Crippen LogP contribution in [-0.4, -0.2) is 18.3 Å². The van der Waals surface area contributed by atoms with E-state index in [0.29, 0.717) is 6.54 Å². The molecule has 0 bridgehead atoms. The summed E-state index contributed by atoms with van der Waals surface area (Å²) in [6, 6.07) is 8.09. The van der Waals surface area contributed by atoms with E-state index in [2.05, 4.69) is 15.9 Å². The third-order valence-corrected chi connectivity index (χ3v) is 2.56. The van der Waals surface area contributed by atoms with Crippen molar-refractivity contribution in [1.29, 1.82) is 0 Å². The van der Waals surface area contributed by atoms with E-state index in [0.717, 1.165) is 10.9 Å². The van der Waals surface area contributed by atoms with Gasteiger partial charge >= 0.3 is 0 Å². The lowest BCUT2D eigenvalue weighted by atomic mass is 10.0. The molecule has 0 saturated heterocycles. The van der Waals surface area contributed by atoms with Crippen molar-refractivity contribution in [3.63, 3.8) is 0 Å². The van der Waals surface area contributed by atoms with Crippen molar-refractivity contribution >= 4 is 15.9 Å². The van der Waals surface area contributed by atoms with Crippen LogP contribution in [0, 0.1) is 5.92 Å². The smallest absolute Gasteiger partial charge is 0.0474 e. The minimum Gasteiger partial charge on any atom is -0.396 e. The Hall–Kier alpha value is -0.380. The number of rotatable bonds is 4. The van der Waals surface area contributed by atoms with Gasteiger partial charge in [-0.2, -0.15) is 0 Å². The van der Waals surface area contributed by atoms with Gasteiger partial charge in [-0.25, -0.2) is 0 Å². The molecule has 2 nitrogen and oxygen atoms in total. The number of hydrogen-bond donors (Lipinski definition) is 2. The van der Waals surface area contributed by atoms with E-state index in [1.54, 1.807) is 0 Å². The average molecular weight is 244 g/mol. The van der Waals surface area contributed by atoms with Gasteiger partial charge in [0.1, 0.15) is 0 Å². The zero-order chi connectivity index (χ0) is 9.68. The second kappa shape index (κ2) is 5.37. The van der Waals surface area contributed by atoms with Crippen LogP contribution in [0.4, 0.5) is 0 Å². The topological polar surface area (TPSA) is 46.2 Å². The molecule has 1 atom stereocenters. The van der Waals surface area contributed by atoms with Crippen LogP contribution in [0.2, 0.25) is 0 Å². The van der Waals surface area contributed by atoms with Crippen LogP contribution in [0.15, 0.2) is 28.7 Å². The Morgan fingerprint density at radius 1 is 1.31 bits per heavy atom. The fraction of sp³-hybridized carbons (Fsp3) is 0.400. The van der Waals surface area contributed by atoms with Gasteiger partial charge in [0, 0.05) is 11.1 Å². The first-order chi connectivity index (χ1) is 6.26. The molecular weight excluding hydrogens is 230 g/mol. The molecule has 0 amide bonds. The molecule has 0 aliphatic carbocycles. The van der Waals surface area contributed by atoms with Gasteiger partial charge < -0.3 is 10.8 Å². The number of hydrogen-bond acceptors (Lipinski definition) is 2. The molecule has 0 aliphatic rings. The molecule has 0 saturated carbocycles. The highest BCUT2D eigenvalue weighted by molar-refractivity contribution is 9.10. The minimum atomic E-state index is 0.159. The minimum absolute atomic E-state index is 0.159. The molecule has 72 valence electrons. The van der Waals surface area contributed by atoms with Crippen LogP contribution in [0.3, 0.4) is 0 Å². The van der Waals surface area contributed by atoms with Crippen LogP contribution >= 0.6 is 15.9 Å². The summed E-state index contributed by atoms with van der Waals surface area (Å²) < 4.78 is 1.07. The molecule has 1 aromatic rings. The van der Waals surface area contributed by atoms with Crippen LogP contribution < -0.4 is 5.73 Å². The van der Waals surface area contributed by atoms with E-state index in [1.807, 2.05) is 24.3 Å². The molecule has 0 fully saturated rings. The monoisotopic (exact) mass is 243 g/mol. The summed E-state index contributed by atoms with van der Waals surface area (Å²) in [6.45, 7) is 0.694. The van der Waals surface area contributed by atoms with Gasteiger partial charge in [0.15, 0.2) is 0 Å². The zero-order valence-corrected chi connectivity index (χ0v) is 9.00. The standard InChI is InChI=1S/C10H14BrNO/c11-10-3-1-8(2-4-10)5-9(6-12)7-13/h1-4,9,13H,5-7,12H2/t9-/m1/s1. The zero-order valence-electron chi connectivity index (χ0n) is 7.41. The molecule has 0 radical (unpaired) electrons. The second-order valence-corrected chi connectivity index (χ2v) is 4.03. The second-order valence-electron chi connectivity index (χ2n) is 3.11. The van der Waals surface area contributed by atoms with Crippen molar-refractivity contribution in [3.8, 4) is 0 Å². The highest BCUT2D eigenvalue weighted by Crippen LogP contribution is 2.13. The van der Waals surface area contributed by atoms with Crippen molar-refractivity contribution in [2.24, 2.45) is 11.7 Å². The number of aliphatic hydroxyl groups excluding tert-OH is 1. The Morgan fingerprint density at radius 3 is 2.38 bits per heavy atom. The Labute approximate surface area is 86.9 Å². The largest absolute Gasteiger partial charge is 0.396 e. The van der Waals surface area contributed by atoms with Gasteiger partial charge in [0.25, 0.3) is 0 Å². The first-order valence-corrected chi connectivity index (χ1v) is 5.11. The van der Waals surface area contributed by atoms with Crippen molar-refractivity contribution < 1.29 is 5.11 Å². The fourth-order valence-electron chi connectivity index (χ4n) is 1.18. The first kappa shape index (κ1) is 10.7. The van der Waals surface area contributed by atoms with E-state index >= 15 is 0 Å². The molecule has 13 heavy (non-hydrogen) atoms. The lowest BCUT2D eigenvalue weighted by Crippen LogP contribution is -2.20. The van der Waals surface area contributed by atoms with E-state index in [1.165, 1.54) is 5.56 Å². The van der Waals surface area contributed by atoms with Gasteiger partial charge in [-0.3, -0.25) is 0 Å². The fourth-order valence-corrected chi connectivity index (χ4v) is 1.44. The Morgan fingerprint density at radius 2 is 1.92 bits per heavy atom. The summed E-state index contributed by atoms with van der Waals surface area (Å²) in [7, 11) is 0. The van der Waals surface area contributed by atoms with E-state index in [4.69, 9.17) is 10.8 Å². The molecule has 0 spiro atoms. The van der Waals surface area contributed by atoms with Crippen LogP contribution in [0.1, 0.15) is 5.56 Å². The quantitative estimate of drug-likeness (QED) is 0.844. The predicted molar refractivity (Wildman–Crippen MR) is 57.5 cm³/mol. The Kier molecular flexibility index (Phi) is 4.42. The molecule has 0 heterocycles. The molecule has 1 aromatic carbocycles. The summed E-state index contributed by atoms with van der Waals surface area (Å²) in [5, 5.41) is 8.95. The van der Waals surface area contributed by atoms with Crippen molar-refractivity contribution in [2.75, 3.05) is 13.2 Å². The maximum absolute atomic E-state index is 8.95. The van der Waals surface area contributed by atoms with E-state index < -0.39 is 0 Å². The SMILES string of the molecule is NC[C@H](CO)Cc1ccc(Br)cc1. The van der Waals surface area contributed by atoms with Crippen LogP contribution in [0.25, 0.3) is 0 Å². The maximum Gasteiger partial charge on any atom is 0.0474 e. The van der Waals surface area contributed by atoms with E-state index in [-0.39, 0.29) is 12.5 Å². The molecule has 3 N–H and O–H groups in total. The molecule has 1 rings (SSSR count). The van der Waals surface area contributed by atoms with Gasteiger partial charge in [0.2, 0.25) is 0 Å². The summed E-state index contributed by atoms with van der Waals surface area (Å²) in [5.41, 5.74) is 6.71. The number of nitrogens with two attached hydrogens (primary N) is 1. The Bertz CT molecular complexity index is 244. The highest BCUT2D eigenvalue weighted by Gasteiger charge is 2.05. The van der Waals surface area contributed by atoms with Crippen molar-refractivity contribution in [3.05, 3.63) is 34.3 Å². The van der Waals surface area contributed by atoms with Gasteiger partial charge in [-0.1, -0.05) is 28.1 Å². The molecule has 3 heteroatoms. The van der Waals surface area contributed by atoms with Gasteiger partial charge in [-0.05, 0) is 36.6 Å². The highest BCUT2D eigenvalue weighted by atomic mass is 79.9. The number of aliphatic hydroxyl groups is 1.